The maximum Gasteiger partial charge on any atom is 0.410 e. The standard InChI is InChI=1S/C43H64N4O8/c1-25-21-26(2)38(54-41-28(4)35(45(10)11)22-27(3)52-41)29(5)37(49)31(7)40(50)53-32(8)43(9)39(30(6)36(25)48)47(42(51)55-43)20-16-15-19-46-23-34(44-24-46)33-17-13-12-14-18-33/h12-14,17-18,23-32,35,38-39,41H,15-16,19-22H2,1-11H3/t25-,26+,27-,28-,29+,30-,31-,32-,35+,38?,39+,41+,43-/m1/s1. The molecule has 2 aromatic rings. The first-order chi connectivity index (χ1) is 25.9. The summed E-state index contributed by atoms with van der Waals surface area (Å²) in [4.78, 5) is 64.3. The fourth-order valence-electron chi connectivity index (χ4n) is 9.23. The van der Waals surface area contributed by atoms with E-state index in [0.29, 0.717) is 25.9 Å². The maximum atomic E-state index is 14.5. The minimum atomic E-state index is -1.33. The minimum absolute atomic E-state index is 0.0198. The molecule has 3 saturated heterocycles. The number of carbonyl (C=O) groups is 4. The summed E-state index contributed by atoms with van der Waals surface area (Å²) >= 11 is 0. The van der Waals surface area contributed by atoms with E-state index in [9.17, 15) is 19.2 Å². The van der Waals surface area contributed by atoms with Crippen molar-refractivity contribution >= 4 is 23.6 Å². The summed E-state index contributed by atoms with van der Waals surface area (Å²) in [6.45, 7) is 17.7. The number of carbonyl (C=O) groups excluding carboxylic acids is 4. The number of hydrogen-bond donors (Lipinski definition) is 0. The Balaban J connectivity index is 1.36. The van der Waals surface area contributed by atoms with Gasteiger partial charge in [-0.1, -0.05) is 65.0 Å². The zero-order valence-electron chi connectivity index (χ0n) is 34.8. The fraction of sp³-hybridized carbons (Fsp3) is 0.698. The Labute approximate surface area is 327 Å². The quantitative estimate of drug-likeness (QED) is 0.156. The van der Waals surface area contributed by atoms with Crippen LogP contribution in [0.25, 0.3) is 11.3 Å². The Kier molecular flexibility index (Phi) is 13.7. The van der Waals surface area contributed by atoms with Crippen LogP contribution in [0.4, 0.5) is 4.79 Å². The van der Waals surface area contributed by atoms with Crippen LogP contribution in [0, 0.1) is 35.5 Å². The van der Waals surface area contributed by atoms with E-state index in [1.165, 1.54) is 0 Å². The Morgan fingerprint density at radius 1 is 0.891 bits per heavy atom. The molecule has 4 heterocycles. The number of aryl methyl sites for hydroxylation is 1. The number of aromatic nitrogens is 2. The number of rotatable bonds is 9. The van der Waals surface area contributed by atoms with Crippen LogP contribution >= 0.6 is 0 Å². The van der Waals surface area contributed by atoms with Crippen LogP contribution < -0.4 is 0 Å². The molecule has 13 atom stereocenters. The number of fused-ring (bicyclic) bond motifs is 1. The third-order valence-corrected chi connectivity index (χ3v) is 12.7. The third kappa shape index (κ3) is 9.18. The normalized spacial score (nSPS) is 36.7. The van der Waals surface area contributed by atoms with Crippen molar-refractivity contribution in [3.05, 3.63) is 42.9 Å². The van der Waals surface area contributed by atoms with E-state index in [-0.39, 0.29) is 35.5 Å². The van der Waals surface area contributed by atoms with Crippen LogP contribution in [0.2, 0.25) is 0 Å². The van der Waals surface area contributed by atoms with Gasteiger partial charge in [-0.25, -0.2) is 9.78 Å². The van der Waals surface area contributed by atoms with Gasteiger partial charge in [0.05, 0.1) is 30.3 Å². The van der Waals surface area contributed by atoms with Crippen LogP contribution in [0.1, 0.15) is 88.0 Å². The Bertz CT molecular complexity index is 1650. The predicted molar refractivity (Wildman–Crippen MR) is 209 cm³/mol. The van der Waals surface area contributed by atoms with Gasteiger partial charge in [0, 0.05) is 54.6 Å². The highest BCUT2D eigenvalue weighted by molar-refractivity contribution is 6.00. The molecular formula is C43H64N4O8. The van der Waals surface area contributed by atoms with Crippen molar-refractivity contribution in [3.63, 3.8) is 0 Å². The largest absolute Gasteiger partial charge is 0.458 e. The molecule has 0 spiro atoms. The van der Waals surface area contributed by atoms with E-state index in [4.69, 9.17) is 18.9 Å². The van der Waals surface area contributed by atoms with Crippen LogP contribution in [-0.4, -0.2) is 106 Å². The van der Waals surface area contributed by atoms with Crippen molar-refractivity contribution < 1.29 is 38.1 Å². The second-order valence-corrected chi connectivity index (χ2v) is 17.1. The SMILES string of the molecule is C[C@H]1C(=O)O[C@H](C)[C@@]2(C)OC(=O)N(CCCCn3cnc(-c4ccccc4)c3)[C@H]2[C@H](C)C(=O)[C@H](C)C[C@H](C)C(O[C@@H]2O[C@H](C)C[C@H](N(C)C)[C@H]2C)[C@@H](C)C1=O. The number of unbranched alkanes of at least 4 members (excludes halogenated alkanes) is 1. The van der Waals surface area contributed by atoms with Gasteiger partial charge in [-0.2, -0.15) is 0 Å². The van der Waals surface area contributed by atoms with Crippen LogP contribution in [0.5, 0.6) is 0 Å². The predicted octanol–water partition coefficient (Wildman–Crippen LogP) is 6.65. The number of amides is 1. The van der Waals surface area contributed by atoms with E-state index in [1.807, 2.05) is 89.2 Å². The number of esters is 1. The number of nitrogens with zero attached hydrogens (tertiary/aromatic N) is 4. The third-order valence-electron chi connectivity index (χ3n) is 12.7. The molecule has 1 aromatic carbocycles. The first-order valence-corrected chi connectivity index (χ1v) is 20.3. The maximum absolute atomic E-state index is 14.5. The summed E-state index contributed by atoms with van der Waals surface area (Å²) < 4.78 is 27.2. The first kappa shape index (κ1) is 42.5. The van der Waals surface area contributed by atoms with E-state index >= 15 is 0 Å². The number of ketones is 2. The van der Waals surface area contributed by atoms with Crippen LogP contribution in [0.3, 0.4) is 0 Å². The molecule has 5 rings (SSSR count). The lowest BCUT2D eigenvalue weighted by Gasteiger charge is -2.45. The molecule has 12 heteroatoms. The average molecular weight is 765 g/mol. The lowest BCUT2D eigenvalue weighted by Crippen LogP contribution is -2.57. The van der Waals surface area contributed by atoms with Crippen LogP contribution in [0.15, 0.2) is 42.9 Å². The minimum Gasteiger partial charge on any atom is -0.458 e. The van der Waals surface area contributed by atoms with Gasteiger partial charge in [0.15, 0.2) is 17.7 Å². The molecule has 1 amide bonds. The number of benzene rings is 1. The molecule has 1 aromatic heterocycles. The van der Waals surface area contributed by atoms with Gasteiger partial charge in [-0.05, 0) is 73.4 Å². The number of Topliss-reactive ketones (excluding diaryl/α,β-unsaturated/α-hetero) is 2. The Morgan fingerprint density at radius 3 is 2.24 bits per heavy atom. The molecule has 0 radical (unpaired) electrons. The number of cyclic esters (lactones) is 1. The highest BCUT2D eigenvalue weighted by Crippen LogP contribution is 2.41. The topological polar surface area (TPSA) is 130 Å². The van der Waals surface area contributed by atoms with Gasteiger partial charge in [-0.3, -0.25) is 14.4 Å². The highest BCUT2D eigenvalue weighted by atomic mass is 16.7. The summed E-state index contributed by atoms with van der Waals surface area (Å²) in [6, 6.07) is 9.51. The molecule has 0 aliphatic carbocycles. The molecule has 3 aliphatic heterocycles. The van der Waals surface area contributed by atoms with E-state index in [1.54, 1.807) is 32.6 Å². The zero-order chi connectivity index (χ0) is 40.4. The summed E-state index contributed by atoms with van der Waals surface area (Å²) in [5.41, 5.74) is 0.606. The fourth-order valence-corrected chi connectivity index (χ4v) is 9.23. The van der Waals surface area contributed by atoms with Crippen molar-refractivity contribution in [2.75, 3.05) is 20.6 Å². The summed E-state index contributed by atoms with van der Waals surface area (Å²) in [6.07, 6.45) is 3.82. The monoisotopic (exact) mass is 764 g/mol. The van der Waals surface area contributed by atoms with Gasteiger partial charge in [0.25, 0.3) is 0 Å². The summed E-state index contributed by atoms with van der Waals surface area (Å²) in [7, 11) is 4.10. The molecule has 0 bridgehead atoms. The smallest absolute Gasteiger partial charge is 0.410 e. The highest BCUT2D eigenvalue weighted by Gasteiger charge is 2.59. The van der Waals surface area contributed by atoms with Gasteiger partial charge >= 0.3 is 12.1 Å². The zero-order valence-corrected chi connectivity index (χ0v) is 34.8. The second-order valence-electron chi connectivity index (χ2n) is 17.1. The van der Waals surface area contributed by atoms with Crippen molar-refractivity contribution in [2.24, 2.45) is 35.5 Å². The Morgan fingerprint density at radius 2 is 1.56 bits per heavy atom. The molecule has 304 valence electrons. The molecule has 12 nitrogen and oxygen atoms in total. The number of imidazole rings is 1. The second kappa shape index (κ2) is 17.7. The van der Waals surface area contributed by atoms with Crippen LogP contribution in [-0.2, 0) is 39.9 Å². The van der Waals surface area contributed by atoms with Crippen molar-refractivity contribution in [1.82, 2.24) is 19.4 Å². The molecular weight excluding hydrogens is 700 g/mol. The molecule has 3 fully saturated rings. The van der Waals surface area contributed by atoms with Gasteiger partial charge in [0.2, 0.25) is 0 Å². The van der Waals surface area contributed by atoms with Gasteiger partial charge in [0.1, 0.15) is 17.8 Å². The first-order valence-electron chi connectivity index (χ1n) is 20.3. The van der Waals surface area contributed by atoms with Crippen molar-refractivity contribution in [2.45, 2.75) is 137 Å². The molecule has 0 N–H and O–H groups in total. The molecule has 1 unspecified atom stereocenters. The number of ether oxygens (including phenoxy) is 4. The van der Waals surface area contributed by atoms with Gasteiger partial charge in [-0.15, -0.1) is 0 Å². The molecule has 3 aliphatic rings. The van der Waals surface area contributed by atoms with Crippen molar-refractivity contribution in [1.29, 1.82) is 0 Å². The Hall–Kier alpha value is -3.61. The lowest BCUT2D eigenvalue weighted by atomic mass is 9.75. The summed E-state index contributed by atoms with van der Waals surface area (Å²) in [5, 5.41) is 0. The number of hydrogen-bond acceptors (Lipinski definition) is 10. The molecule has 55 heavy (non-hydrogen) atoms. The lowest BCUT2D eigenvalue weighted by molar-refractivity contribution is -0.259. The average Bonchev–Trinajstić information content (AvgIpc) is 3.73. The van der Waals surface area contributed by atoms with Crippen molar-refractivity contribution in [3.8, 4) is 11.3 Å². The van der Waals surface area contributed by atoms with Gasteiger partial charge < -0.3 is 33.3 Å². The van der Waals surface area contributed by atoms with E-state index < -0.39 is 65.9 Å². The van der Waals surface area contributed by atoms with E-state index in [0.717, 1.165) is 24.1 Å². The summed E-state index contributed by atoms with van der Waals surface area (Å²) in [5.74, 6) is -4.08. The van der Waals surface area contributed by atoms with E-state index in [2.05, 4.69) is 16.8 Å². The molecule has 0 saturated carbocycles.